The number of hydrazone groups is 1. The maximum Gasteiger partial charge on any atom is 0.425 e. The molecule has 5 nitrogen and oxygen atoms in total. The van der Waals surface area contributed by atoms with Gasteiger partial charge in [-0.15, -0.1) is 0 Å². The first kappa shape index (κ1) is 8.32. The van der Waals surface area contributed by atoms with Crippen molar-refractivity contribution in [1.82, 2.24) is 9.99 Å². The van der Waals surface area contributed by atoms with Gasteiger partial charge in [0.2, 0.25) is 0 Å². The molecule has 1 amide bonds. The van der Waals surface area contributed by atoms with Crippen molar-refractivity contribution >= 4 is 12.3 Å². The van der Waals surface area contributed by atoms with Gasteiger partial charge >= 0.3 is 6.09 Å². The maximum atomic E-state index is 9.98. The lowest BCUT2D eigenvalue weighted by atomic mass is 10.5. The van der Waals surface area contributed by atoms with E-state index in [2.05, 4.69) is 5.10 Å². The van der Waals surface area contributed by atoms with Gasteiger partial charge < -0.3 is 9.67 Å². The summed E-state index contributed by atoms with van der Waals surface area (Å²) in [5.41, 5.74) is 2.72. The summed E-state index contributed by atoms with van der Waals surface area (Å²) < 4.78 is 1.83. The lowest BCUT2D eigenvalue weighted by Crippen LogP contribution is -2.13. The molecular formula is C7H9N3O2. The molecule has 0 aromatic carbocycles. The zero-order chi connectivity index (χ0) is 8.97. The second-order valence-electron chi connectivity index (χ2n) is 2.22. The van der Waals surface area contributed by atoms with E-state index >= 15 is 0 Å². The highest BCUT2D eigenvalue weighted by molar-refractivity contribution is 5.78. The largest absolute Gasteiger partial charge is 0.464 e. The van der Waals surface area contributed by atoms with Crippen LogP contribution in [0.1, 0.15) is 5.69 Å². The second kappa shape index (κ2) is 3.56. The Kier molecular flexibility index (Phi) is 2.47. The van der Waals surface area contributed by atoms with Crippen LogP contribution in [-0.4, -0.2) is 22.0 Å². The van der Waals surface area contributed by atoms with Gasteiger partial charge in [-0.1, -0.05) is 0 Å². The van der Waals surface area contributed by atoms with E-state index in [0.717, 1.165) is 5.69 Å². The van der Waals surface area contributed by atoms with Crippen LogP contribution < -0.4 is 5.43 Å². The highest BCUT2D eigenvalue weighted by Gasteiger charge is 1.91. The quantitative estimate of drug-likeness (QED) is 0.501. The molecule has 0 bridgehead atoms. The van der Waals surface area contributed by atoms with Crippen LogP contribution >= 0.6 is 0 Å². The average molecular weight is 167 g/mol. The van der Waals surface area contributed by atoms with E-state index in [1.165, 1.54) is 6.21 Å². The molecule has 0 saturated heterocycles. The molecule has 0 aliphatic rings. The topological polar surface area (TPSA) is 66.6 Å². The van der Waals surface area contributed by atoms with Gasteiger partial charge in [-0.25, -0.2) is 10.2 Å². The normalized spacial score (nSPS) is 10.4. The predicted molar refractivity (Wildman–Crippen MR) is 44.2 cm³/mol. The number of rotatable bonds is 2. The molecule has 0 fully saturated rings. The Morgan fingerprint density at radius 3 is 3.08 bits per heavy atom. The van der Waals surface area contributed by atoms with Gasteiger partial charge in [0.25, 0.3) is 0 Å². The third-order valence-corrected chi connectivity index (χ3v) is 1.34. The lowest BCUT2D eigenvalue weighted by Gasteiger charge is -1.94. The summed E-state index contributed by atoms with van der Waals surface area (Å²) in [6, 6.07) is 3.68. The lowest BCUT2D eigenvalue weighted by molar-refractivity contribution is 0.195. The average Bonchev–Trinajstić information content (AvgIpc) is 2.36. The molecule has 0 aliphatic heterocycles. The molecule has 0 spiro atoms. The summed E-state index contributed by atoms with van der Waals surface area (Å²) in [4.78, 5) is 9.98. The predicted octanol–water partition coefficient (Wildman–Crippen LogP) is 0.627. The molecule has 2 N–H and O–H groups in total. The molecule has 0 saturated carbocycles. The van der Waals surface area contributed by atoms with Gasteiger partial charge in [0, 0.05) is 13.2 Å². The summed E-state index contributed by atoms with van der Waals surface area (Å²) >= 11 is 0. The number of aromatic nitrogens is 1. The van der Waals surface area contributed by atoms with Crippen LogP contribution in [0.5, 0.6) is 0 Å². The molecule has 0 radical (unpaired) electrons. The Balaban J connectivity index is 2.57. The minimum absolute atomic E-state index is 0.837. The van der Waals surface area contributed by atoms with Gasteiger partial charge in [-0.05, 0) is 12.1 Å². The van der Waals surface area contributed by atoms with E-state index in [1.54, 1.807) is 0 Å². The summed E-state index contributed by atoms with van der Waals surface area (Å²) in [7, 11) is 1.85. The Morgan fingerprint density at radius 2 is 2.58 bits per heavy atom. The van der Waals surface area contributed by atoms with Crippen LogP contribution in [0, 0.1) is 0 Å². The first-order chi connectivity index (χ1) is 5.70. The first-order valence-corrected chi connectivity index (χ1v) is 3.33. The van der Waals surface area contributed by atoms with Crippen molar-refractivity contribution in [2.24, 2.45) is 12.1 Å². The van der Waals surface area contributed by atoms with Crippen molar-refractivity contribution in [2.75, 3.05) is 0 Å². The molecule has 1 rings (SSSR count). The van der Waals surface area contributed by atoms with Crippen molar-refractivity contribution in [3.8, 4) is 0 Å². The van der Waals surface area contributed by atoms with E-state index in [9.17, 15) is 4.79 Å². The van der Waals surface area contributed by atoms with Crippen LogP contribution in [0.2, 0.25) is 0 Å². The highest BCUT2D eigenvalue weighted by Crippen LogP contribution is 1.94. The van der Waals surface area contributed by atoms with Crippen molar-refractivity contribution in [1.29, 1.82) is 0 Å². The van der Waals surface area contributed by atoms with E-state index in [1.807, 2.05) is 35.4 Å². The molecule has 0 aliphatic carbocycles. The van der Waals surface area contributed by atoms with E-state index in [-0.39, 0.29) is 0 Å². The Morgan fingerprint density at radius 1 is 1.83 bits per heavy atom. The number of carbonyl (C=O) groups is 1. The van der Waals surface area contributed by atoms with Crippen molar-refractivity contribution < 1.29 is 9.90 Å². The number of carboxylic acid groups (broad SMARTS) is 1. The zero-order valence-electron chi connectivity index (χ0n) is 6.56. The molecule has 1 aromatic rings. The molecule has 1 heterocycles. The third-order valence-electron chi connectivity index (χ3n) is 1.34. The van der Waals surface area contributed by atoms with E-state index in [0.29, 0.717) is 0 Å². The van der Waals surface area contributed by atoms with Crippen LogP contribution in [0.3, 0.4) is 0 Å². The van der Waals surface area contributed by atoms with Gasteiger partial charge in [0.1, 0.15) is 0 Å². The van der Waals surface area contributed by atoms with Gasteiger partial charge in [-0.3, -0.25) is 0 Å². The molecule has 0 unspecified atom stereocenters. The fourth-order valence-corrected chi connectivity index (χ4v) is 0.762. The van der Waals surface area contributed by atoms with Crippen LogP contribution in [0.15, 0.2) is 23.4 Å². The first-order valence-electron chi connectivity index (χ1n) is 3.33. The summed E-state index contributed by atoms with van der Waals surface area (Å²) in [6.45, 7) is 0. The molecule has 1 aromatic heterocycles. The van der Waals surface area contributed by atoms with Crippen LogP contribution in [-0.2, 0) is 7.05 Å². The Labute approximate surface area is 69.3 Å². The zero-order valence-corrected chi connectivity index (χ0v) is 6.56. The highest BCUT2D eigenvalue weighted by atomic mass is 16.4. The van der Waals surface area contributed by atoms with E-state index in [4.69, 9.17) is 5.11 Å². The number of nitrogens with zero attached hydrogens (tertiary/aromatic N) is 2. The Bertz CT molecular complexity index is 303. The van der Waals surface area contributed by atoms with E-state index < -0.39 is 6.09 Å². The molecule has 5 heteroatoms. The molecular weight excluding hydrogens is 158 g/mol. The molecule has 64 valence electrons. The van der Waals surface area contributed by atoms with Crippen molar-refractivity contribution in [2.45, 2.75) is 0 Å². The monoisotopic (exact) mass is 167 g/mol. The molecule has 12 heavy (non-hydrogen) atoms. The van der Waals surface area contributed by atoms with Gasteiger partial charge in [-0.2, -0.15) is 5.10 Å². The van der Waals surface area contributed by atoms with Crippen molar-refractivity contribution in [3.63, 3.8) is 0 Å². The van der Waals surface area contributed by atoms with Gasteiger partial charge in [0.15, 0.2) is 0 Å². The number of aryl methyl sites for hydroxylation is 1. The standard InChI is InChI=1S/C7H9N3O2/c1-10-4-2-3-6(10)5-8-9-7(11)12/h2-5,9H,1H3,(H,11,12)/b8-5+. The van der Waals surface area contributed by atoms with Gasteiger partial charge in [0.05, 0.1) is 11.9 Å². The fraction of sp³-hybridized carbons (Fsp3) is 0.143. The van der Waals surface area contributed by atoms with Crippen LogP contribution in [0.4, 0.5) is 4.79 Å². The summed E-state index contributed by atoms with van der Waals surface area (Å²) in [5.74, 6) is 0. The minimum atomic E-state index is -1.17. The number of hydrogen-bond acceptors (Lipinski definition) is 2. The van der Waals surface area contributed by atoms with Crippen molar-refractivity contribution in [3.05, 3.63) is 24.0 Å². The fourth-order valence-electron chi connectivity index (χ4n) is 0.762. The summed E-state index contributed by atoms with van der Waals surface area (Å²) in [5, 5.41) is 11.7. The number of amides is 1. The number of hydrogen-bond donors (Lipinski definition) is 2. The molecule has 0 atom stereocenters. The SMILES string of the molecule is Cn1cccc1/C=N/NC(=O)O. The maximum absolute atomic E-state index is 9.98. The summed E-state index contributed by atoms with van der Waals surface area (Å²) in [6.07, 6.45) is 2.12. The Hall–Kier alpha value is -1.78. The number of nitrogens with one attached hydrogen (secondary N) is 1. The third kappa shape index (κ3) is 2.12. The van der Waals surface area contributed by atoms with Crippen LogP contribution in [0.25, 0.3) is 0 Å². The second-order valence-corrected chi connectivity index (χ2v) is 2.22. The smallest absolute Gasteiger partial charge is 0.425 e. The minimum Gasteiger partial charge on any atom is -0.464 e.